The van der Waals surface area contributed by atoms with Gasteiger partial charge in [0, 0.05) is 6.04 Å². The summed E-state index contributed by atoms with van der Waals surface area (Å²) in [6, 6.07) is 16.2. The van der Waals surface area contributed by atoms with E-state index in [9.17, 15) is 8.42 Å². The topological polar surface area (TPSA) is 46.2 Å². The smallest absolute Gasteiger partial charge is 0.207 e. The highest BCUT2D eigenvalue weighted by Gasteiger charge is 2.17. The van der Waals surface area contributed by atoms with Crippen molar-refractivity contribution in [3.05, 3.63) is 84.5 Å². The van der Waals surface area contributed by atoms with E-state index in [4.69, 9.17) is 0 Å². The lowest BCUT2D eigenvalue weighted by Crippen LogP contribution is -2.33. The van der Waals surface area contributed by atoms with Crippen molar-refractivity contribution >= 4 is 16.1 Å². The third kappa shape index (κ3) is 5.20. The molecule has 1 atom stereocenters. The fourth-order valence-corrected chi connectivity index (χ4v) is 3.33. The van der Waals surface area contributed by atoms with Gasteiger partial charge in [-0.1, -0.05) is 66.3 Å². The second-order valence-corrected chi connectivity index (χ2v) is 7.05. The Morgan fingerprint density at radius 3 is 2.35 bits per heavy atom. The number of sulfonamides is 1. The van der Waals surface area contributed by atoms with E-state index in [1.54, 1.807) is 30.3 Å². The Labute approximate surface area is 138 Å². The first-order chi connectivity index (χ1) is 11.0. The third-order valence-corrected chi connectivity index (χ3v) is 4.88. The fourth-order valence-electron chi connectivity index (χ4n) is 2.12. The van der Waals surface area contributed by atoms with Crippen LogP contribution in [0.5, 0.6) is 0 Å². The maximum Gasteiger partial charge on any atom is 0.241 e. The van der Waals surface area contributed by atoms with Gasteiger partial charge in [0.1, 0.15) is 0 Å². The molecule has 3 nitrogen and oxygen atoms in total. The SMILES string of the molecule is C=CC[C@@H](/C=C/c1ccccc1)NS(=O)(=O)c1ccc(C)cc1. The second kappa shape index (κ2) is 7.90. The van der Waals surface area contributed by atoms with E-state index in [-0.39, 0.29) is 10.9 Å². The van der Waals surface area contributed by atoms with Gasteiger partial charge in [0.05, 0.1) is 4.90 Å². The summed E-state index contributed by atoms with van der Waals surface area (Å²) >= 11 is 0. The van der Waals surface area contributed by atoms with Crippen LogP contribution >= 0.6 is 0 Å². The minimum Gasteiger partial charge on any atom is -0.207 e. The molecule has 0 aromatic heterocycles. The highest BCUT2D eigenvalue weighted by Crippen LogP contribution is 2.12. The zero-order chi connectivity index (χ0) is 16.7. The first-order valence-electron chi connectivity index (χ1n) is 7.44. The lowest BCUT2D eigenvalue weighted by atomic mass is 10.1. The summed E-state index contributed by atoms with van der Waals surface area (Å²) in [6.07, 6.45) is 5.99. The van der Waals surface area contributed by atoms with Crippen LogP contribution in [-0.4, -0.2) is 14.5 Å². The normalized spacial score (nSPS) is 13.1. The summed E-state index contributed by atoms with van der Waals surface area (Å²) in [5.74, 6) is 0. The molecule has 4 heteroatoms. The molecule has 0 aliphatic carbocycles. The minimum absolute atomic E-state index is 0.269. The molecule has 0 aliphatic heterocycles. The summed E-state index contributed by atoms with van der Waals surface area (Å²) in [4.78, 5) is 0.269. The monoisotopic (exact) mass is 327 g/mol. The Morgan fingerprint density at radius 1 is 1.09 bits per heavy atom. The predicted octanol–water partition coefficient (Wildman–Crippen LogP) is 3.93. The maximum atomic E-state index is 12.5. The Kier molecular flexibility index (Phi) is 5.90. The first-order valence-corrected chi connectivity index (χ1v) is 8.93. The molecule has 2 rings (SSSR count). The second-order valence-electron chi connectivity index (χ2n) is 5.34. The van der Waals surface area contributed by atoms with Crippen LogP contribution in [0.15, 0.2) is 78.2 Å². The van der Waals surface area contributed by atoms with Crippen LogP contribution in [0.3, 0.4) is 0 Å². The standard InChI is InChI=1S/C19H21NO2S/c1-3-7-18(13-12-17-8-5-4-6-9-17)20-23(21,22)19-14-10-16(2)11-15-19/h3-6,8-15,18,20H,1,7H2,2H3/b13-12+/t18-/m0/s1. The molecule has 0 aliphatic rings. The van der Waals surface area contributed by atoms with Crippen LogP contribution in [0, 0.1) is 6.92 Å². The molecule has 2 aromatic carbocycles. The Morgan fingerprint density at radius 2 is 1.74 bits per heavy atom. The van der Waals surface area contributed by atoms with Crippen molar-refractivity contribution in [1.82, 2.24) is 4.72 Å². The largest absolute Gasteiger partial charge is 0.241 e. The molecule has 2 aromatic rings. The van der Waals surface area contributed by atoms with Crippen LogP contribution in [0.25, 0.3) is 6.08 Å². The van der Waals surface area contributed by atoms with E-state index in [1.807, 2.05) is 49.4 Å². The van der Waals surface area contributed by atoms with Crippen molar-refractivity contribution in [3.8, 4) is 0 Å². The van der Waals surface area contributed by atoms with Gasteiger partial charge in [-0.25, -0.2) is 13.1 Å². The Hall–Kier alpha value is -2.17. The van der Waals surface area contributed by atoms with Gasteiger partial charge in [-0.05, 0) is 31.0 Å². The van der Waals surface area contributed by atoms with Gasteiger partial charge >= 0.3 is 0 Å². The van der Waals surface area contributed by atoms with Gasteiger partial charge in [-0.15, -0.1) is 6.58 Å². The third-order valence-electron chi connectivity index (χ3n) is 3.38. The van der Waals surface area contributed by atoms with Crippen LogP contribution in [0.2, 0.25) is 0 Å². The molecule has 0 unspecified atom stereocenters. The van der Waals surface area contributed by atoms with Gasteiger partial charge in [0.15, 0.2) is 0 Å². The lowest BCUT2D eigenvalue weighted by Gasteiger charge is -2.14. The molecule has 0 radical (unpaired) electrons. The lowest BCUT2D eigenvalue weighted by molar-refractivity contribution is 0.571. The molecule has 0 bridgehead atoms. The molecular formula is C19H21NO2S. The van der Waals surface area contributed by atoms with Gasteiger partial charge in [-0.3, -0.25) is 0 Å². The van der Waals surface area contributed by atoms with E-state index in [0.29, 0.717) is 6.42 Å². The zero-order valence-corrected chi connectivity index (χ0v) is 14.0. The highest BCUT2D eigenvalue weighted by molar-refractivity contribution is 7.89. The first kappa shape index (κ1) is 17.2. The van der Waals surface area contributed by atoms with Crippen LogP contribution in [0.4, 0.5) is 0 Å². The summed E-state index contributed by atoms with van der Waals surface area (Å²) in [7, 11) is -3.55. The van der Waals surface area contributed by atoms with Crippen molar-refractivity contribution in [3.63, 3.8) is 0 Å². The van der Waals surface area contributed by atoms with E-state index >= 15 is 0 Å². The molecule has 120 valence electrons. The number of nitrogens with one attached hydrogen (secondary N) is 1. The van der Waals surface area contributed by atoms with Gasteiger partial charge in [0.25, 0.3) is 0 Å². The molecule has 1 N–H and O–H groups in total. The predicted molar refractivity (Wildman–Crippen MR) is 95.6 cm³/mol. The van der Waals surface area contributed by atoms with Crippen LogP contribution in [0.1, 0.15) is 17.5 Å². The Balaban J connectivity index is 2.16. The number of rotatable bonds is 7. The summed E-state index contributed by atoms with van der Waals surface area (Å²) in [5.41, 5.74) is 2.05. The number of aryl methyl sites for hydroxylation is 1. The van der Waals surface area contributed by atoms with Crippen molar-refractivity contribution in [2.45, 2.75) is 24.3 Å². The summed E-state index contributed by atoms with van der Waals surface area (Å²) in [6.45, 7) is 5.62. The van der Waals surface area contributed by atoms with Crippen molar-refractivity contribution in [2.24, 2.45) is 0 Å². The minimum atomic E-state index is -3.55. The highest BCUT2D eigenvalue weighted by atomic mass is 32.2. The molecule has 23 heavy (non-hydrogen) atoms. The molecule has 0 saturated heterocycles. The van der Waals surface area contributed by atoms with E-state index in [2.05, 4.69) is 11.3 Å². The van der Waals surface area contributed by atoms with E-state index in [1.165, 1.54) is 0 Å². The van der Waals surface area contributed by atoms with Crippen molar-refractivity contribution in [2.75, 3.05) is 0 Å². The van der Waals surface area contributed by atoms with Crippen LogP contribution in [-0.2, 0) is 10.0 Å². The molecule has 0 saturated carbocycles. The van der Waals surface area contributed by atoms with Crippen molar-refractivity contribution < 1.29 is 8.42 Å². The quantitative estimate of drug-likeness (QED) is 0.783. The molecule has 0 amide bonds. The average Bonchev–Trinajstić information content (AvgIpc) is 2.54. The zero-order valence-electron chi connectivity index (χ0n) is 13.1. The summed E-state index contributed by atoms with van der Waals surface area (Å²) < 4.78 is 27.6. The number of benzene rings is 2. The maximum absolute atomic E-state index is 12.5. The number of hydrogen-bond donors (Lipinski definition) is 1. The van der Waals surface area contributed by atoms with Gasteiger partial charge in [-0.2, -0.15) is 0 Å². The van der Waals surface area contributed by atoms with Crippen molar-refractivity contribution in [1.29, 1.82) is 0 Å². The molecular weight excluding hydrogens is 306 g/mol. The Bertz CT molecular complexity index is 763. The van der Waals surface area contributed by atoms with Gasteiger partial charge < -0.3 is 0 Å². The van der Waals surface area contributed by atoms with E-state index in [0.717, 1.165) is 11.1 Å². The van der Waals surface area contributed by atoms with E-state index < -0.39 is 10.0 Å². The molecule has 0 spiro atoms. The summed E-state index contributed by atoms with van der Waals surface area (Å²) in [5, 5.41) is 0. The molecule has 0 heterocycles. The average molecular weight is 327 g/mol. The molecule has 0 fully saturated rings. The van der Waals surface area contributed by atoms with Crippen LogP contribution < -0.4 is 4.72 Å². The fraction of sp³-hybridized carbons (Fsp3) is 0.158. The van der Waals surface area contributed by atoms with Gasteiger partial charge in [0.2, 0.25) is 10.0 Å². The number of hydrogen-bond acceptors (Lipinski definition) is 2.